The number of hydrogen-bond acceptors (Lipinski definition) is 6. The highest BCUT2D eigenvalue weighted by Gasteiger charge is 2.23. The molecule has 176 valence electrons. The summed E-state index contributed by atoms with van der Waals surface area (Å²) in [5, 5.41) is 10.3. The Morgan fingerprint density at radius 2 is 1.97 bits per heavy atom. The number of morpholine rings is 1. The van der Waals surface area contributed by atoms with Gasteiger partial charge in [-0.05, 0) is 35.2 Å². The van der Waals surface area contributed by atoms with Crippen LogP contribution < -0.4 is 0 Å². The summed E-state index contributed by atoms with van der Waals surface area (Å²) in [4.78, 5) is 29.6. The summed E-state index contributed by atoms with van der Waals surface area (Å²) in [7, 11) is 3.79. The van der Waals surface area contributed by atoms with Gasteiger partial charge in [-0.25, -0.2) is 0 Å². The van der Waals surface area contributed by atoms with E-state index in [2.05, 4.69) is 12.5 Å². The number of Topliss-reactive ketones (excluding diaryl/α,β-unsaturated/α-hetero) is 1. The van der Waals surface area contributed by atoms with Gasteiger partial charge in [-0.3, -0.25) is 9.59 Å². The first-order valence-corrected chi connectivity index (χ1v) is 13.0. The van der Waals surface area contributed by atoms with Crippen molar-refractivity contribution < 1.29 is 19.1 Å². The lowest BCUT2D eigenvalue weighted by atomic mass is 10.1. The maximum Gasteiger partial charge on any atom is 0.254 e. The largest absolute Gasteiger partial charge is 0.382 e. The number of carbonyl (C=O) groups is 2. The predicted octanol–water partition coefficient (Wildman–Crippen LogP) is 2.12. The Hall–Kier alpha value is -2.80. The minimum Gasteiger partial charge on any atom is -0.382 e. The molecule has 2 heterocycles. The molecule has 9 heteroatoms. The van der Waals surface area contributed by atoms with Crippen LogP contribution >= 0.6 is 0 Å². The number of fused-ring (bicyclic) bond motifs is 1. The number of nitriles is 1. The van der Waals surface area contributed by atoms with E-state index < -0.39 is 0 Å². The molecule has 0 atom stereocenters. The van der Waals surface area contributed by atoms with Gasteiger partial charge >= 0.3 is 0 Å². The minimum atomic E-state index is -0.377. The molecule has 1 aromatic heterocycles. The molecule has 1 saturated heterocycles. The monoisotopic (exact) mass is 471 g/mol. The maximum absolute atomic E-state index is 13.2. The molecule has 1 amide bonds. The SMILES string of the molecule is CN(C)/C=C(\C#N)C(=O)c1cc2cc(C(=O)N3CCOCC3)ccc2n1COCC[S+](C)C. The molecule has 0 spiro atoms. The number of ether oxygens (including phenoxy) is 2. The van der Waals surface area contributed by atoms with Crippen LogP contribution in [-0.4, -0.2) is 91.3 Å². The van der Waals surface area contributed by atoms with Crippen LogP contribution in [0.2, 0.25) is 0 Å². The van der Waals surface area contributed by atoms with Crippen molar-refractivity contribution in [2.45, 2.75) is 6.73 Å². The zero-order valence-corrected chi connectivity index (χ0v) is 20.5. The van der Waals surface area contributed by atoms with Gasteiger partial charge in [-0.1, -0.05) is 0 Å². The first-order valence-electron chi connectivity index (χ1n) is 10.8. The molecule has 0 unspecified atom stereocenters. The summed E-state index contributed by atoms with van der Waals surface area (Å²) in [6.07, 6.45) is 5.82. The molecular formula is C24H31N4O4S+. The number of amides is 1. The Balaban J connectivity index is 1.97. The first-order chi connectivity index (χ1) is 15.8. The second-order valence-electron chi connectivity index (χ2n) is 8.31. The number of ketones is 1. The third-order valence-electron chi connectivity index (χ3n) is 5.29. The molecule has 0 saturated carbocycles. The Bertz CT molecular complexity index is 1080. The highest BCUT2D eigenvalue weighted by Crippen LogP contribution is 2.25. The van der Waals surface area contributed by atoms with Crippen molar-refractivity contribution >= 4 is 33.5 Å². The van der Waals surface area contributed by atoms with Crippen molar-refractivity contribution in [3.8, 4) is 6.07 Å². The molecule has 0 radical (unpaired) electrons. The Morgan fingerprint density at radius 1 is 1.24 bits per heavy atom. The van der Waals surface area contributed by atoms with E-state index in [-0.39, 0.29) is 34.9 Å². The van der Waals surface area contributed by atoms with Crippen molar-refractivity contribution in [3.63, 3.8) is 0 Å². The summed E-state index contributed by atoms with van der Waals surface area (Å²) in [5.41, 5.74) is 1.75. The van der Waals surface area contributed by atoms with Crippen molar-refractivity contribution in [2.75, 3.05) is 65.3 Å². The van der Waals surface area contributed by atoms with E-state index in [1.807, 2.05) is 12.1 Å². The Kier molecular flexibility index (Phi) is 8.55. The Labute approximate surface area is 197 Å². The van der Waals surface area contributed by atoms with Gasteiger partial charge in [0.05, 0.1) is 43.5 Å². The van der Waals surface area contributed by atoms with Gasteiger partial charge in [0.1, 0.15) is 24.1 Å². The molecule has 33 heavy (non-hydrogen) atoms. The van der Waals surface area contributed by atoms with Gasteiger partial charge in [0.15, 0.2) is 0 Å². The molecule has 1 fully saturated rings. The fourth-order valence-corrected chi connectivity index (χ4v) is 4.05. The first kappa shape index (κ1) is 24.8. The number of hydrogen-bond donors (Lipinski definition) is 0. The average Bonchev–Trinajstić information content (AvgIpc) is 3.17. The third kappa shape index (κ3) is 6.16. The van der Waals surface area contributed by atoms with Gasteiger partial charge in [-0.2, -0.15) is 5.26 Å². The van der Waals surface area contributed by atoms with Crippen molar-refractivity contribution in [3.05, 3.63) is 47.3 Å². The topological polar surface area (TPSA) is 87.8 Å². The highest BCUT2D eigenvalue weighted by atomic mass is 32.2. The smallest absolute Gasteiger partial charge is 0.254 e. The quantitative estimate of drug-likeness (QED) is 0.183. The zero-order valence-electron chi connectivity index (χ0n) is 19.7. The number of benzene rings is 1. The average molecular weight is 472 g/mol. The van der Waals surface area contributed by atoms with Crippen LogP contribution in [0.3, 0.4) is 0 Å². The van der Waals surface area contributed by atoms with Crippen LogP contribution in [0.1, 0.15) is 20.8 Å². The van der Waals surface area contributed by atoms with Crippen LogP contribution in [0.25, 0.3) is 10.9 Å². The second-order valence-corrected chi connectivity index (χ2v) is 10.7. The van der Waals surface area contributed by atoms with Gasteiger partial charge in [-0.15, -0.1) is 0 Å². The number of carbonyl (C=O) groups excluding carboxylic acids is 2. The number of aromatic nitrogens is 1. The molecule has 8 nitrogen and oxygen atoms in total. The number of rotatable bonds is 9. The van der Waals surface area contributed by atoms with Gasteiger partial charge in [0, 0.05) is 44.3 Å². The highest BCUT2D eigenvalue weighted by molar-refractivity contribution is 7.95. The molecule has 1 aromatic carbocycles. The molecule has 0 bridgehead atoms. The standard InChI is InChI=1S/C24H31N4O4S/c1-26(2)16-20(15-25)23(29)22-14-19-13-18(24(30)27-7-9-31-10-8-27)5-6-21(19)28(22)17-32-11-12-33(3)4/h5-6,13-14,16H,7-12,17H2,1-4H3/q+1/b20-16+. The third-order valence-corrected chi connectivity index (χ3v) is 6.27. The fraction of sp³-hybridized carbons (Fsp3) is 0.458. The molecular weight excluding hydrogens is 440 g/mol. The van der Waals surface area contributed by atoms with E-state index >= 15 is 0 Å². The summed E-state index contributed by atoms with van der Waals surface area (Å²) < 4.78 is 13.0. The van der Waals surface area contributed by atoms with Crippen LogP contribution in [0, 0.1) is 11.3 Å². The second kappa shape index (κ2) is 11.4. The van der Waals surface area contributed by atoms with E-state index in [1.165, 1.54) is 6.20 Å². The molecule has 1 aliphatic rings. The zero-order chi connectivity index (χ0) is 24.0. The molecule has 3 rings (SSSR count). The number of allylic oxidation sites excluding steroid dienone is 1. The van der Waals surface area contributed by atoms with Crippen LogP contribution in [0.4, 0.5) is 0 Å². The van der Waals surface area contributed by atoms with Crippen molar-refractivity contribution in [2.24, 2.45) is 0 Å². The van der Waals surface area contributed by atoms with Gasteiger partial charge in [0.2, 0.25) is 5.78 Å². The van der Waals surface area contributed by atoms with E-state index in [4.69, 9.17) is 9.47 Å². The van der Waals surface area contributed by atoms with Gasteiger partial charge in [0.25, 0.3) is 5.91 Å². The molecule has 0 aliphatic carbocycles. The van der Waals surface area contributed by atoms with E-state index in [1.54, 1.807) is 46.7 Å². The number of nitrogens with zero attached hydrogens (tertiary/aromatic N) is 4. The van der Waals surface area contributed by atoms with Crippen LogP contribution in [0.5, 0.6) is 0 Å². The lowest BCUT2D eigenvalue weighted by Gasteiger charge is -2.26. The maximum atomic E-state index is 13.2. The molecule has 1 aliphatic heterocycles. The van der Waals surface area contributed by atoms with E-state index in [9.17, 15) is 14.9 Å². The summed E-state index contributed by atoms with van der Waals surface area (Å²) in [6, 6.07) is 9.17. The van der Waals surface area contributed by atoms with Crippen molar-refractivity contribution in [1.29, 1.82) is 5.26 Å². The molecule has 2 aromatic rings. The lowest BCUT2D eigenvalue weighted by molar-refractivity contribution is 0.0303. The summed E-state index contributed by atoms with van der Waals surface area (Å²) in [5.74, 6) is 0.503. The lowest BCUT2D eigenvalue weighted by Crippen LogP contribution is -2.40. The van der Waals surface area contributed by atoms with Gasteiger partial charge < -0.3 is 23.8 Å². The summed E-state index contributed by atoms with van der Waals surface area (Å²) >= 11 is 0. The summed E-state index contributed by atoms with van der Waals surface area (Å²) in [6.45, 7) is 2.97. The van der Waals surface area contributed by atoms with Crippen LogP contribution in [0.15, 0.2) is 36.0 Å². The van der Waals surface area contributed by atoms with Crippen molar-refractivity contribution in [1.82, 2.24) is 14.4 Å². The van der Waals surface area contributed by atoms with Crippen LogP contribution in [-0.2, 0) is 27.1 Å². The van der Waals surface area contributed by atoms with E-state index in [0.29, 0.717) is 44.2 Å². The Morgan fingerprint density at radius 3 is 2.61 bits per heavy atom. The molecule has 0 N–H and O–H groups in total. The van der Waals surface area contributed by atoms with E-state index in [0.717, 1.165) is 16.7 Å². The minimum absolute atomic E-state index is 0.0392. The normalized spacial score (nSPS) is 14.5. The predicted molar refractivity (Wildman–Crippen MR) is 130 cm³/mol. The fourth-order valence-electron chi connectivity index (χ4n) is 3.60.